The van der Waals surface area contributed by atoms with Gasteiger partial charge in [-0.3, -0.25) is 14.9 Å². The number of benzene rings is 1. The molecule has 0 bridgehead atoms. The Labute approximate surface area is 186 Å². The second-order valence-electron chi connectivity index (χ2n) is 6.64. The summed E-state index contributed by atoms with van der Waals surface area (Å²) in [4.78, 5) is 31.9. The van der Waals surface area contributed by atoms with Crippen LogP contribution in [0.1, 0.15) is 23.0 Å². The molecule has 3 rings (SSSR count). The van der Waals surface area contributed by atoms with Gasteiger partial charge in [0.2, 0.25) is 11.8 Å². The second-order valence-corrected chi connectivity index (χ2v) is 7.50. The number of aromatic nitrogens is 2. The van der Waals surface area contributed by atoms with Crippen LogP contribution in [0.15, 0.2) is 41.8 Å². The highest BCUT2D eigenvalue weighted by Gasteiger charge is 2.16. The summed E-state index contributed by atoms with van der Waals surface area (Å²) in [6.07, 6.45) is -0.589. The molecule has 0 aliphatic rings. The van der Waals surface area contributed by atoms with Gasteiger partial charge in [-0.05, 0) is 31.2 Å². The monoisotopic (exact) mass is 461 g/mol. The molecule has 2 N–H and O–H groups in total. The van der Waals surface area contributed by atoms with Gasteiger partial charge in [0.1, 0.15) is 17.7 Å². The van der Waals surface area contributed by atoms with E-state index >= 15 is 0 Å². The number of nitrogens with one attached hydrogen (secondary N) is 1. The molecule has 11 heteroatoms. The van der Waals surface area contributed by atoms with Gasteiger partial charge in [0.05, 0.1) is 24.3 Å². The maximum atomic E-state index is 13.2. The van der Waals surface area contributed by atoms with E-state index in [0.29, 0.717) is 18.1 Å². The molecule has 0 spiro atoms. The number of thiazole rings is 1. The molecule has 32 heavy (non-hydrogen) atoms. The van der Waals surface area contributed by atoms with Crippen LogP contribution >= 0.6 is 11.3 Å². The van der Waals surface area contributed by atoms with Gasteiger partial charge in [0.15, 0.2) is 5.13 Å². The van der Waals surface area contributed by atoms with E-state index in [1.165, 1.54) is 43.5 Å². The predicted octanol–water partition coefficient (Wildman–Crippen LogP) is 3.76. The summed E-state index contributed by atoms with van der Waals surface area (Å²) in [6, 6.07) is 8.17. The van der Waals surface area contributed by atoms with Crippen LogP contribution in [0.4, 0.5) is 9.52 Å². The first-order chi connectivity index (χ1) is 15.3. The standard InChI is InChI=1S/C21H20FN3O6S/c1-12(10-29-2)30-17-7-13(8-18(24-17)31-16-5-3-14(22)4-6-16)20(28)25-21-23-15(11-32-21)9-19(26)27/h3-8,11-12H,9-10H2,1-2H3,(H,26,27)(H,23,25,28)/t12-/m1/s1. The minimum atomic E-state index is -1.02. The SMILES string of the molecule is COC[C@@H](C)Oc1cc(C(=O)Nc2nc(CC(=O)O)cs2)cc(Oc2ccc(F)cc2)n1. The summed E-state index contributed by atoms with van der Waals surface area (Å²) in [6.45, 7) is 2.08. The fraction of sp³-hybridized carbons (Fsp3) is 0.238. The Hall–Kier alpha value is -3.57. The number of halogens is 1. The number of hydrogen-bond donors (Lipinski definition) is 2. The average molecular weight is 461 g/mol. The Morgan fingerprint density at radius 2 is 1.91 bits per heavy atom. The molecular weight excluding hydrogens is 441 g/mol. The van der Waals surface area contributed by atoms with Crippen LogP contribution < -0.4 is 14.8 Å². The molecule has 1 atom stereocenters. The Morgan fingerprint density at radius 1 is 1.19 bits per heavy atom. The molecule has 0 radical (unpaired) electrons. The topological polar surface area (TPSA) is 120 Å². The molecule has 1 aromatic carbocycles. The van der Waals surface area contributed by atoms with E-state index in [4.69, 9.17) is 19.3 Å². The van der Waals surface area contributed by atoms with Crippen LogP contribution in [0.25, 0.3) is 0 Å². The second kappa shape index (κ2) is 10.6. The van der Waals surface area contributed by atoms with E-state index in [1.54, 1.807) is 12.3 Å². The molecule has 0 aliphatic heterocycles. The Bertz CT molecular complexity index is 1090. The molecule has 9 nitrogen and oxygen atoms in total. The highest BCUT2D eigenvalue weighted by atomic mass is 32.1. The molecular formula is C21H20FN3O6S. The highest BCUT2D eigenvalue weighted by molar-refractivity contribution is 7.14. The number of methoxy groups -OCH3 is 1. The molecule has 1 amide bonds. The third kappa shape index (κ3) is 6.72. The normalized spacial score (nSPS) is 11.6. The number of anilines is 1. The zero-order valence-electron chi connectivity index (χ0n) is 17.2. The number of carbonyl (C=O) groups excluding carboxylic acids is 1. The molecule has 168 valence electrons. The smallest absolute Gasteiger partial charge is 0.309 e. The van der Waals surface area contributed by atoms with Gasteiger partial charge in [0, 0.05) is 24.6 Å². The lowest BCUT2D eigenvalue weighted by atomic mass is 10.2. The minimum absolute atomic E-state index is 0.0644. The van der Waals surface area contributed by atoms with Crippen molar-refractivity contribution in [3.05, 3.63) is 58.9 Å². The largest absolute Gasteiger partial charge is 0.481 e. The number of aliphatic carboxylic acids is 1. The number of pyridine rings is 1. The van der Waals surface area contributed by atoms with Gasteiger partial charge in [-0.25, -0.2) is 9.37 Å². The third-order valence-corrected chi connectivity index (χ3v) is 4.71. The first kappa shape index (κ1) is 23.1. The van der Waals surface area contributed by atoms with Crippen molar-refractivity contribution in [1.29, 1.82) is 0 Å². The maximum Gasteiger partial charge on any atom is 0.309 e. The van der Waals surface area contributed by atoms with Gasteiger partial charge in [0.25, 0.3) is 5.91 Å². The molecule has 0 aliphatic carbocycles. The Balaban J connectivity index is 1.83. The summed E-state index contributed by atoms with van der Waals surface area (Å²) in [5, 5.41) is 13.3. The van der Waals surface area contributed by atoms with Crippen LogP contribution in [0, 0.1) is 5.82 Å². The number of carboxylic acids is 1. The summed E-state index contributed by atoms with van der Waals surface area (Å²) in [5.41, 5.74) is 0.511. The third-order valence-electron chi connectivity index (χ3n) is 3.90. The lowest BCUT2D eigenvalue weighted by Gasteiger charge is -2.15. The van der Waals surface area contributed by atoms with Crippen molar-refractivity contribution in [2.75, 3.05) is 19.0 Å². The van der Waals surface area contributed by atoms with Crippen molar-refractivity contribution in [3.63, 3.8) is 0 Å². The van der Waals surface area contributed by atoms with Crippen molar-refractivity contribution in [1.82, 2.24) is 9.97 Å². The first-order valence-corrected chi connectivity index (χ1v) is 10.3. The fourth-order valence-electron chi connectivity index (χ4n) is 2.59. The van der Waals surface area contributed by atoms with E-state index in [9.17, 15) is 14.0 Å². The van der Waals surface area contributed by atoms with Gasteiger partial charge < -0.3 is 19.3 Å². The van der Waals surface area contributed by atoms with Crippen LogP contribution in [0.5, 0.6) is 17.5 Å². The quantitative estimate of drug-likeness (QED) is 0.468. The molecule has 3 aromatic rings. The zero-order valence-corrected chi connectivity index (χ0v) is 18.0. The summed E-state index contributed by atoms with van der Waals surface area (Å²) in [7, 11) is 1.53. The lowest BCUT2D eigenvalue weighted by Crippen LogP contribution is -2.19. The molecule has 0 saturated carbocycles. The number of amides is 1. The molecule has 2 aromatic heterocycles. The number of nitrogens with zero attached hydrogens (tertiary/aromatic N) is 2. The molecule has 0 saturated heterocycles. The van der Waals surface area contributed by atoms with Gasteiger partial charge in [-0.1, -0.05) is 0 Å². The minimum Gasteiger partial charge on any atom is -0.481 e. The number of rotatable bonds is 10. The van der Waals surface area contributed by atoms with E-state index in [1.807, 2.05) is 0 Å². The fourth-order valence-corrected chi connectivity index (χ4v) is 3.30. The van der Waals surface area contributed by atoms with Crippen LogP contribution in [-0.4, -0.2) is 46.8 Å². The van der Waals surface area contributed by atoms with Crippen LogP contribution in [0.2, 0.25) is 0 Å². The number of carbonyl (C=O) groups is 2. The summed E-state index contributed by atoms with van der Waals surface area (Å²) < 4.78 is 29.6. The van der Waals surface area contributed by atoms with E-state index in [0.717, 1.165) is 11.3 Å². The van der Waals surface area contributed by atoms with Crippen molar-refractivity contribution in [3.8, 4) is 17.5 Å². The Morgan fingerprint density at radius 3 is 2.59 bits per heavy atom. The molecule has 2 heterocycles. The van der Waals surface area contributed by atoms with Gasteiger partial charge in [-0.2, -0.15) is 4.98 Å². The predicted molar refractivity (Wildman–Crippen MR) is 114 cm³/mol. The van der Waals surface area contributed by atoms with Gasteiger partial charge >= 0.3 is 5.97 Å². The number of hydrogen-bond acceptors (Lipinski definition) is 8. The van der Waals surface area contributed by atoms with E-state index in [2.05, 4.69) is 15.3 Å². The van der Waals surface area contributed by atoms with Crippen molar-refractivity contribution < 1.29 is 33.3 Å². The van der Waals surface area contributed by atoms with Crippen molar-refractivity contribution in [2.24, 2.45) is 0 Å². The first-order valence-electron chi connectivity index (χ1n) is 9.41. The average Bonchev–Trinajstić information content (AvgIpc) is 3.15. The Kier molecular flexibility index (Phi) is 7.68. The van der Waals surface area contributed by atoms with Crippen LogP contribution in [0.3, 0.4) is 0 Å². The van der Waals surface area contributed by atoms with Crippen molar-refractivity contribution >= 4 is 28.3 Å². The maximum absolute atomic E-state index is 13.2. The number of carboxylic acid groups (broad SMARTS) is 1. The number of ether oxygens (including phenoxy) is 3. The molecule has 0 fully saturated rings. The van der Waals surface area contributed by atoms with Crippen LogP contribution in [-0.2, 0) is 16.0 Å². The van der Waals surface area contributed by atoms with Crippen molar-refractivity contribution in [2.45, 2.75) is 19.4 Å². The van der Waals surface area contributed by atoms with E-state index < -0.39 is 17.7 Å². The molecule has 0 unspecified atom stereocenters. The van der Waals surface area contributed by atoms with E-state index in [-0.39, 0.29) is 35.0 Å². The lowest BCUT2D eigenvalue weighted by molar-refractivity contribution is -0.136. The van der Waals surface area contributed by atoms with Gasteiger partial charge in [-0.15, -0.1) is 11.3 Å². The zero-order chi connectivity index (χ0) is 23.1. The summed E-state index contributed by atoms with van der Waals surface area (Å²) >= 11 is 1.11. The highest BCUT2D eigenvalue weighted by Crippen LogP contribution is 2.26. The summed E-state index contributed by atoms with van der Waals surface area (Å²) in [5.74, 6) is -1.43.